The fourth-order valence-corrected chi connectivity index (χ4v) is 5.97. The van der Waals surface area contributed by atoms with Gasteiger partial charge in [-0.2, -0.15) is 0 Å². The van der Waals surface area contributed by atoms with Gasteiger partial charge in [0, 0.05) is 10.0 Å². The third-order valence-corrected chi connectivity index (χ3v) is 6.45. The van der Waals surface area contributed by atoms with Crippen molar-refractivity contribution in [3.8, 4) is 0 Å². The standard InChI is InChI=1S/C18H23BrN2O/c1-11-2-3-16(15(19)4-11)20-17(22)21-18-8-12-5-13(9-18)7-14(6-12)10-18/h2-4,12-14H,5-10H2,1H3,(H2,20,21,22). The summed E-state index contributed by atoms with van der Waals surface area (Å²) in [4.78, 5) is 12.5. The Hall–Kier alpha value is -1.03. The van der Waals surface area contributed by atoms with Crippen molar-refractivity contribution < 1.29 is 4.79 Å². The highest BCUT2D eigenvalue weighted by Gasteiger charge is 2.51. The van der Waals surface area contributed by atoms with E-state index in [4.69, 9.17) is 0 Å². The number of carbonyl (C=O) groups excluding carboxylic acids is 1. The molecule has 5 rings (SSSR count). The number of rotatable bonds is 2. The molecule has 1 aromatic rings. The molecular weight excluding hydrogens is 340 g/mol. The van der Waals surface area contributed by atoms with Gasteiger partial charge in [0.2, 0.25) is 0 Å². The van der Waals surface area contributed by atoms with Crippen molar-refractivity contribution >= 4 is 27.6 Å². The topological polar surface area (TPSA) is 41.1 Å². The molecule has 0 radical (unpaired) electrons. The summed E-state index contributed by atoms with van der Waals surface area (Å²) in [5.74, 6) is 2.54. The summed E-state index contributed by atoms with van der Waals surface area (Å²) in [6.07, 6.45) is 7.73. The minimum atomic E-state index is -0.0495. The van der Waals surface area contributed by atoms with Gasteiger partial charge in [0.05, 0.1) is 5.69 Å². The van der Waals surface area contributed by atoms with Gasteiger partial charge in [0.15, 0.2) is 0 Å². The number of hydrogen-bond acceptors (Lipinski definition) is 1. The SMILES string of the molecule is Cc1ccc(NC(=O)NC23CC4CC(CC(C4)C2)C3)c(Br)c1. The third kappa shape index (κ3) is 2.66. The first-order valence-corrected chi connectivity index (χ1v) is 9.16. The number of amides is 2. The molecule has 4 aliphatic rings. The van der Waals surface area contributed by atoms with Crippen molar-refractivity contribution in [3.63, 3.8) is 0 Å². The molecule has 0 atom stereocenters. The van der Waals surface area contributed by atoms with Crippen LogP contribution in [0, 0.1) is 24.7 Å². The molecule has 0 spiro atoms. The molecule has 2 N–H and O–H groups in total. The van der Waals surface area contributed by atoms with Crippen molar-refractivity contribution in [2.45, 2.75) is 51.0 Å². The molecule has 22 heavy (non-hydrogen) atoms. The van der Waals surface area contributed by atoms with Crippen LogP contribution in [0.3, 0.4) is 0 Å². The summed E-state index contributed by atoms with van der Waals surface area (Å²) in [7, 11) is 0. The molecule has 4 bridgehead atoms. The van der Waals surface area contributed by atoms with E-state index < -0.39 is 0 Å². The second kappa shape index (κ2) is 5.26. The van der Waals surface area contributed by atoms with Crippen LogP contribution < -0.4 is 10.6 Å². The van der Waals surface area contributed by atoms with E-state index in [-0.39, 0.29) is 11.6 Å². The van der Waals surface area contributed by atoms with Gasteiger partial charge in [0.1, 0.15) is 0 Å². The Kier molecular flexibility index (Phi) is 3.48. The van der Waals surface area contributed by atoms with Crippen LogP contribution in [0.2, 0.25) is 0 Å². The molecule has 0 saturated heterocycles. The van der Waals surface area contributed by atoms with Gasteiger partial charge in [-0.1, -0.05) is 6.07 Å². The summed E-state index contributed by atoms with van der Waals surface area (Å²) in [5.41, 5.74) is 2.09. The van der Waals surface area contributed by atoms with E-state index in [1.807, 2.05) is 25.1 Å². The zero-order valence-electron chi connectivity index (χ0n) is 13.0. The lowest BCUT2D eigenvalue weighted by Crippen LogP contribution is -2.60. The molecule has 0 aromatic heterocycles. The van der Waals surface area contributed by atoms with Crippen LogP contribution in [-0.4, -0.2) is 11.6 Å². The highest BCUT2D eigenvalue weighted by molar-refractivity contribution is 9.10. The van der Waals surface area contributed by atoms with E-state index in [2.05, 4.69) is 26.6 Å². The zero-order chi connectivity index (χ0) is 15.3. The number of aryl methyl sites for hydroxylation is 1. The molecule has 2 amide bonds. The smallest absolute Gasteiger partial charge is 0.319 e. The van der Waals surface area contributed by atoms with Crippen LogP contribution in [0.25, 0.3) is 0 Å². The maximum atomic E-state index is 12.5. The van der Waals surface area contributed by atoms with Gasteiger partial charge in [0.25, 0.3) is 0 Å². The van der Waals surface area contributed by atoms with Crippen molar-refractivity contribution in [2.75, 3.05) is 5.32 Å². The van der Waals surface area contributed by atoms with E-state index in [0.717, 1.165) is 27.9 Å². The lowest BCUT2D eigenvalue weighted by atomic mass is 9.53. The first-order valence-electron chi connectivity index (χ1n) is 8.37. The molecule has 0 unspecified atom stereocenters. The number of urea groups is 1. The molecule has 4 fully saturated rings. The fraction of sp³-hybridized carbons (Fsp3) is 0.611. The number of carbonyl (C=O) groups is 1. The maximum Gasteiger partial charge on any atom is 0.319 e. The van der Waals surface area contributed by atoms with Gasteiger partial charge in [-0.05, 0) is 96.8 Å². The Balaban J connectivity index is 1.46. The van der Waals surface area contributed by atoms with E-state index in [9.17, 15) is 4.79 Å². The van der Waals surface area contributed by atoms with Crippen LogP contribution in [0.4, 0.5) is 10.5 Å². The summed E-state index contributed by atoms with van der Waals surface area (Å²) in [6, 6.07) is 5.95. The monoisotopic (exact) mass is 362 g/mol. The Morgan fingerprint density at radius 1 is 1.14 bits per heavy atom. The molecule has 4 aliphatic carbocycles. The van der Waals surface area contributed by atoms with Crippen LogP contribution >= 0.6 is 15.9 Å². The number of anilines is 1. The highest BCUT2D eigenvalue weighted by atomic mass is 79.9. The van der Waals surface area contributed by atoms with Crippen molar-refractivity contribution in [1.82, 2.24) is 5.32 Å². The molecule has 118 valence electrons. The van der Waals surface area contributed by atoms with Crippen molar-refractivity contribution in [2.24, 2.45) is 17.8 Å². The lowest BCUT2D eigenvalue weighted by molar-refractivity contribution is -0.0127. The van der Waals surface area contributed by atoms with Crippen LogP contribution in [-0.2, 0) is 0 Å². The average molecular weight is 363 g/mol. The van der Waals surface area contributed by atoms with Gasteiger partial charge in [-0.3, -0.25) is 0 Å². The lowest BCUT2D eigenvalue weighted by Gasteiger charge is -2.56. The van der Waals surface area contributed by atoms with Crippen molar-refractivity contribution in [3.05, 3.63) is 28.2 Å². The normalized spacial score (nSPS) is 35.5. The van der Waals surface area contributed by atoms with Crippen LogP contribution in [0.5, 0.6) is 0 Å². The van der Waals surface area contributed by atoms with Crippen molar-refractivity contribution in [1.29, 1.82) is 0 Å². The number of hydrogen-bond donors (Lipinski definition) is 2. The predicted molar refractivity (Wildman–Crippen MR) is 91.9 cm³/mol. The molecule has 3 nitrogen and oxygen atoms in total. The van der Waals surface area contributed by atoms with E-state index >= 15 is 0 Å². The first-order chi connectivity index (χ1) is 10.5. The number of nitrogens with one attached hydrogen (secondary N) is 2. The van der Waals surface area contributed by atoms with Gasteiger partial charge >= 0.3 is 6.03 Å². The van der Waals surface area contributed by atoms with Gasteiger partial charge in [-0.25, -0.2) is 4.79 Å². The molecule has 4 heteroatoms. The maximum absolute atomic E-state index is 12.5. The second-order valence-corrected chi connectivity index (χ2v) is 8.61. The Morgan fingerprint density at radius 2 is 1.73 bits per heavy atom. The molecule has 1 aromatic carbocycles. The quantitative estimate of drug-likeness (QED) is 0.775. The Morgan fingerprint density at radius 3 is 2.27 bits per heavy atom. The molecule has 0 aliphatic heterocycles. The largest absolute Gasteiger partial charge is 0.332 e. The minimum absolute atomic E-state index is 0.0495. The third-order valence-electron chi connectivity index (χ3n) is 5.79. The first kappa shape index (κ1) is 14.6. The minimum Gasteiger partial charge on any atom is -0.332 e. The van der Waals surface area contributed by atoms with Gasteiger partial charge < -0.3 is 10.6 Å². The Bertz CT molecular complexity index is 578. The van der Waals surface area contributed by atoms with E-state index in [0.29, 0.717) is 0 Å². The molecule has 4 saturated carbocycles. The summed E-state index contributed by atoms with van der Waals surface area (Å²) < 4.78 is 0.938. The Labute approximate surface area is 140 Å². The highest BCUT2D eigenvalue weighted by Crippen LogP contribution is 2.55. The summed E-state index contributed by atoms with van der Waals surface area (Å²) in [5, 5.41) is 6.36. The number of halogens is 1. The molecular formula is C18H23BrN2O. The fourth-order valence-electron chi connectivity index (χ4n) is 5.38. The zero-order valence-corrected chi connectivity index (χ0v) is 14.6. The van der Waals surface area contributed by atoms with E-state index in [1.54, 1.807) is 0 Å². The summed E-state index contributed by atoms with van der Waals surface area (Å²) in [6.45, 7) is 2.05. The predicted octanol–water partition coefficient (Wildman–Crippen LogP) is 4.85. The van der Waals surface area contributed by atoms with Crippen LogP contribution in [0.1, 0.15) is 44.1 Å². The number of benzene rings is 1. The van der Waals surface area contributed by atoms with Gasteiger partial charge in [-0.15, -0.1) is 0 Å². The second-order valence-electron chi connectivity index (χ2n) is 7.76. The van der Waals surface area contributed by atoms with Crippen LogP contribution in [0.15, 0.2) is 22.7 Å². The average Bonchev–Trinajstić information content (AvgIpc) is 2.39. The summed E-state index contributed by atoms with van der Waals surface area (Å²) >= 11 is 3.53. The molecule has 0 heterocycles. The van der Waals surface area contributed by atoms with E-state index in [1.165, 1.54) is 44.1 Å².